The molecule has 0 unspecified atom stereocenters. The van der Waals surface area contributed by atoms with Crippen LogP contribution in [0.15, 0.2) is 75.8 Å². The van der Waals surface area contributed by atoms with Crippen molar-refractivity contribution in [2.45, 2.75) is 12.1 Å². The fraction of sp³-hybridized carbons (Fsp3) is 0.120. The molecular formula is C25H20N4O4S2. The van der Waals surface area contributed by atoms with Crippen molar-refractivity contribution < 1.29 is 18.7 Å². The molecule has 35 heavy (non-hydrogen) atoms. The number of carbonyl (C=O) groups excluding carboxylic acids is 2. The van der Waals surface area contributed by atoms with Gasteiger partial charge in [-0.25, -0.2) is 4.79 Å². The minimum absolute atomic E-state index is 0.0380. The van der Waals surface area contributed by atoms with E-state index in [0.29, 0.717) is 16.5 Å². The van der Waals surface area contributed by atoms with Gasteiger partial charge in [0.25, 0.3) is 11.1 Å². The number of fused-ring (bicyclic) bond motifs is 1. The van der Waals surface area contributed by atoms with Crippen LogP contribution in [0, 0.1) is 0 Å². The van der Waals surface area contributed by atoms with E-state index >= 15 is 0 Å². The number of hydrogen-bond acceptors (Lipinski definition) is 8. The van der Waals surface area contributed by atoms with Gasteiger partial charge in [-0.1, -0.05) is 60.3 Å². The maximum atomic E-state index is 12.7. The van der Waals surface area contributed by atoms with Gasteiger partial charge in [0, 0.05) is 28.0 Å². The lowest BCUT2D eigenvalue weighted by Gasteiger charge is -2.08. The Bertz CT molecular complexity index is 1490. The first-order chi connectivity index (χ1) is 17.1. The number of anilines is 1. The molecule has 0 radical (unpaired) electrons. The molecule has 8 nitrogen and oxygen atoms in total. The molecule has 2 N–H and O–H groups in total. The number of rotatable bonds is 8. The van der Waals surface area contributed by atoms with E-state index in [1.807, 2.05) is 66.2 Å². The first-order valence-corrected chi connectivity index (χ1v) is 12.7. The lowest BCUT2D eigenvalue weighted by atomic mass is 10.0. The van der Waals surface area contributed by atoms with E-state index < -0.39 is 5.97 Å². The van der Waals surface area contributed by atoms with E-state index in [1.165, 1.54) is 11.3 Å². The molecule has 3 aromatic heterocycles. The predicted octanol–water partition coefficient (Wildman–Crippen LogP) is 5.85. The van der Waals surface area contributed by atoms with Crippen molar-refractivity contribution in [2.24, 2.45) is 0 Å². The van der Waals surface area contributed by atoms with Crippen molar-refractivity contribution in [3.8, 4) is 22.6 Å². The number of nitrogens with zero attached hydrogens (tertiary/aromatic N) is 2. The number of benzene rings is 2. The molecule has 0 aliphatic heterocycles. The second-order valence-electron chi connectivity index (χ2n) is 7.40. The number of aromatic amines is 1. The largest absolute Gasteiger partial charge is 0.462 e. The topological polar surface area (TPSA) is 110 Å². The number of ether oxygens (including phenoxy) is 1. The highest BCUT2D eigenvalue weighted by Crippen LogP contribution is 2.36. The molecule has 0 aliphatic rings. The van der Waals surface area contributed by atoms with Crippen molar-refractivity contribution in [2.75, 3.05) is 17.7 Å². The average Bonchev–Trinajstić information content (AvgIpc) is 3.61. The molecule has 0 bridgehead atoms. The summed E-state index contributed by atoms with van der Waals surface area (Å²) in [6.07, 6.45) is 1.82. The van der Waals surface area contributed by atoms with Crippen molar-refractivity contribution in [3.63, 3.8) is 0 Å². The van der Waals surface area contributed by atoms with Gasteiger partial charge in [-0.3, -0.25) is 4.79 Å². The Morgan fingerprint density at radius 1 is 1.09 bits per heavy atom. The number of amides is 1. The van der Waals surface area contributed by atoms with E-state index in [9.17, 15) is 9.59 Å². The SMILES string of the molecule is CCOC(=O)c1c(-c2ccccc2)csc1NC(=O)CSc1nnc(-c2c[nH]c3ccccc23)o1. The van der Waals surface area contributed by atoms with Crippen molar-refractivity contribution in [1.29, 1.82) is 0 Å². The van der Waals surface area contributed by atoms with Gasteiger partial charge < -0.3 is 19.5 Å². The number of thiophene rings is 1. The van der Waals surface area contributed by atoms with Crippen LogP contribution >= 0.6 is 23.1 Å². The Morgan fingerprint density at radius 2 is 1.89 bits per heavy atom. The van der Waals surface area contributed by atoms with Crippen LogP contribution in [-0.4, -0.2) is 39.4 Å². The summed E-state index contributed by atoms with van der Waals surface area (Å²) >= 11 is 2.41. The standard InChI is InChI=1S/C25H20N4O4S2/c1-2-32-24(31)21-18(15-8-4-3-5-9-15)13-34-23(21)27-20(30)14-35-25-29-28-22(33-25)17-12-26-19-11-7-6-10-16(17)19/h3-13,26H,2,14H2,1H3,(H,27,30). The van der Waals surface area contributed by atoms with Gasteiger partial charge in [-0.05, 0) is 18.6 Å². The third kappa shape index (κ3) is 4.84. The lowest BCUT2D eigenvalue weighted by Crippen LogP contribution is -2.16. The van der Waals surface area contributed by atoms with Crippen LogP contribution in [0.5, 0.6) is 0 Å². The first-order valence-electron chi connectivity index (χ1n) is 10.8. The molecule has 0 saturated heterocycles. The lowest BCUT2D eigenvalue weighted by molar-refractivity contribution is -0.113. The summed E-state index contributed by atoms with van der Waals surface area (Å²) in [7, 11) is 0. The van der Waals surface area contributed by atoms with Gasteiger partial charge >= 0.3 is 5.97 Å². The average molecular weight is 505 g/mol. The normalized spacial score (nSPS) is 11.0. The summed E-state index contributed by atoms with van der Waals surface area (Å²) in [4.78, 5) is 28.6. The molecule has 5 aromatic rings. The maximum Gasteiger partial charge on any atom is 0.341 e. The Morgan fingerprint density at radius 3 is 2.71 bits per heavy atom. The monoisotopic (exact) mass is 504 g/mol. The molecule has 0 saturated carbocycles. The van der Waals surface area contributed by atoms with Gasteiger partial charge in [0.15, 0.2) is 0 Å². The summed E-state index contributed by atoms with van der Waals surface area (Å²) in [5.41, 5.74) is 3.71. The van der Waals surface area contributed by atoms with Crippen LogP contribution in [0.25, 0.3) is 33.5 Å². The number of esters is 1. The number of thioether (sulfide) groups is 1. The number of para-hydroxylation sites is 1. The molecule has 2 aromatic carbocycles. The molecule has 176 valence electrons. The van der Waals surface area contributed by atoms with Crippen LogP contribution in [0.3, 0.4) is 0 Å². The molecule has 0 spiro atoms. The summed E-state index contributed by atoms with van der Waals surface area (Å²) in [6.45, 7) is 1.98. The fourth-order valence-corrected chi connectivity index (χ4v) is 5.14. The van der Waals surface area contributed by atoms with Crippen LogP contribution in [0.4, 0.5) is 5.00 Å². The van der Waals surface area contributed by atoms with E-state index in [0.717, 1.165) is 39.4 Å². The molecule has 5 rings (SSSR count). The quantitative estimate of drug-likeness (QED) is 0.201. The first kappa shape index (κ1) is 22.9. The van der Waals surface area contributed by atoms with Crippen molar-refractivity contribution >= 4 is 50.9 Å². The van der Waals surface area contributed by atoms with E-state index in [-0.39, 0.29) is 23.5 Å². The smallest absolute Gasteiger partial charge is 0.341 e. The Balaban J connectivity index is 1.29. The predicted molar refractivity (Wildman–Crippen MR) is 137 cm³/mol. The number of aromatic nitrogens is 3. The van der Waals surface area contributed by atoms with E-state index in [4.69, 9.17) is 9.15 Å². The van der Waals surface area contributed by atoms with Gasteiger partial charge in [-0.15, -0.1) is 21.5 Å². The highest BCUT2D eigenvalue weighted by atomic mass is 32.2. The molecular weight excluding hydrogens is 484 g/mol. The summed E-state index contributed by atoms with van der Waals surface area (Å²) in [6, 6.07) is 17.3. The molecule has 0 atom stereocenters. The summed E-state index contributed by atoms with van der Waals surface area (Å²) in [5, 5.41) is 14.5. The third-order valence-electron chi connectivity index (χ3n) is 5.16. The van der Waals surface area contributed by atoms with Gasteiger partial charge in [0.2, 0.25) is 5.91 Å². The Kier molecular flexibility index (Phi) is 6.64. The number of nitrogens with one attached hydrogen (secondary N) is 2. The maximum absolute atomic E-state index is 12.7. The summed E-state index contributed by atoms with van der Waals surface area (Å²) < 4.78 is 11.0. The van der Waals surface area contributed by atoms with Gasteiger partial charge in [0.1, 0.15) is 10.6 Å². The highest BCUT2D eigenvalue weighted by Gasteiger charge is 2.23. The Labute approximate surface area is 208 Å². The second-order valence-corrected chi connectivity index (χ2v) is 9.20. The van der Waals surface area contributed by atoms with Crippen LogP contribution in [-0.2, 0) is 9.53 Å². The van der Waals surface area contributed by atoms with Crippen molar-refractivity contribution in [1.82, 2.24) is 15.2 Å². The number of H-pyrrole nitrogens is 1. The van der Waals surface area contributed by atoms with Crippen molar-refractivity contribution in [3.05, 3.63) is 71.7 Å². The zero-order chi connectivity index (χ0) is 24.2. The molecule has 3 heterocycles. The minimum Gasteiger partial charge on any atom is -0.462 e. The molecule has 1 amide bonds. The minimum atomic E-state index is -0.476. The zero-order valence-electron chi connectivity index (χ0n) is 18.6. The number of hydrogen-bond donors (Lipinski definition) is 2. The van der Waals surface area contributed by atoms with E-state index in [1.54, 1.807) is 6.92 Å². The van der Waals surface area contributed by atoms with Crippen LogP contribution < -0.4 is 5.32 Å². The molecule has 0 fully saturated rings. The van der Waals surface area contributed by atoms with Crippen LogP contribution in [0.2, 0.25) is 0 Å². The highest BCUT2D eigenvalue weighted by molar-refractivity contribution is 7.99. The summed E-state index contributed by atoms with van der Waals surface area (Å²) in [5.74, 6) is -0.360. The number of carbonyl (C=O) groups is 2. The van der Waals surface area contributed by atoms with Crippen LogP contribution in [0.1, 0.15) is 17.3 Å². The zero-order valence-corrected chi connectivity index (χ0v) is 20.2. The van der Waals surface area contributed by atoms with Gasteiger partial charge in [-0.2, -0.15) is 0 Å². The molecule has 0 aliphatic carbocycles. The fourth-order valence-electron chi connectivity index (χ4n) is 3.60. The second kappa shape index (κ2) is 10.2. The van der Waals surface area contributed by atoms with Gasteiger partial charge in [0.05, 0.1) is 17.9 Å². The van der Waals surface area contributed by atoms with E-state index in [2.05, 4.69) is 20.5 Å². The third-order valence-corrected chi connectivity index (χ3v) is 6.88. The molecule has 10 heteroatoms. The Hall–Kier alpha value is -3.89.